The number of thiophene rings is 1. The summed E-state index contributed by atoms with van der Waals surface area (Å²) in [6.07, 6.45) is 5.16. The van der Waals surface area contributed by atoms with Crippen molar-refractivity contribution in [2.75, 3.05) is 0 Å². The minimum absolute atomic E-state index is 1.22. The van der Waals surface area contributed by atoms with E-state index in [9.17, 15) is 0 Å². The van der Waals surface area contributed by atoms with Crippen LogP contribution in [0.4, 0.5) is 0 Å². The first-order chi connectivity index (χ1) is 8.90. The van der Waals surface area contributed by atoms with Crippen LogP contribution in [0.25, 0.3) is 20.2 Å². The third-order valence-electron chi connectivity index (χ3n) is 3.54. The molecule has 0 saturated carbocycles. The van der Waals surface area contributed by atoms with Crippen LogP contribution in [0.2, 0.25) is 0 Å². The van der Waals surface area contributed by atoms with Crippen molar-refractivity contribution < 1.29 is 0 Å². The fourth-order valence-corrected chi connectivity index (χ4v) is 3.81. The van der Waals surface area contributed by atoms with Crippen molar-refractivity contribution in [1.29, 1.82) is 0 Å². The van der Waals surface area contributed by atoms with Crippen LogP contribution in [-0.4, -0.2) is 0 Å². The molecule has 2 aromatic carbocycles. The zero-order chi connectivity index (χ0) is 12.4. The zero-order valence-corrected chi connectivity index (χ0v) is 11.6. The molecule has 0 N–H and O–H groups in total. The Hall–Kier alpha value is -1.34. The lowest BCUT2D eigenvalue weighted by atomic mass is 10.0. The van der Waals surface area contributed by atoms with Crippen molar-refractivity contribution >= 4 is 31.5 Å². The van der Waals surface area contributed by atoms with E-state index in [1.807, 2.05) is 11.3 Å². The van der Waals surface area contributed by atoms with E-state index in [0.717, 1.165) is 0 Å². The van der Waals surface area contributed by atoms with Gasteiger partial charge >= 0.3 is 0 Å². The molecule has 0 atom stereocenters. The van der Waals surface area contributed by atoms with Crippen molar-refractivity contribution in [3.8, 4) is 0 Å². The average molecular weight is 254 g/mol. The molecule has 0 amide bonds. The van der Waals surface area contributed by atoms with Gasteiger partial charge in [-0.15, -0.1) is 11.3 Å². The quantitative estimate of drug-likeness (QED) is 0.517. The first kappa shape index (κ1) is 11.7. The molecule has 1 heterocycles. The number of fused-ring (bicyclic) bond motifs is 3. The van der Waals surface area contributed by atoms with Crippen LogP contribution in [0.15, 0.2) is 42.5 Å². The number of hydrogen-bond acceptors (Lipinski definition) is 1. The summed E-state index contributed by atoms with van der Waals surface area (Å²) in [5.74, 6) is 0. The van der Waals surface area contributed by atoms with Crippen LogP contribution < -0.4 is 0 Å². The Morgan fingerprint density at radius 1 is 0.889 bits per heavy atom. The average Bonchev–Trinajstić information content (AvgIpc) is 2.79. The van der Waals surface area contributed by atoms with Gasteiger partial charge in [0.05, 0.1) is 0 Å². The van der Waals surface area contributed by atoms with Crippen LogP contribution >= 0.6 is 11.3 Å². The van der Waals surface area contributed by atoms with Gasteiger partial charge in [0, 0.05) is 20.2 Å². The molecule has 0 nitrogen and oxygen atoms in total. The third-order valence-corrected chi connectivity index (χ3v) is 4.80. The highest BCUT2D eigenvalue weighted by molar-refractivity contribution is 7.26. The molecule has 18 heavy (non-hydrogen) atoms. The Kier molecular flexibility index (Phi) is 3.33. The summed E-state index contributed by atoms with van der Waals surface area (Å²) in [5, 5.41) is 2.85. The highest BCUT2D eigenvalue weighted by atomic mass is 32.1. The third kappa shape index (κ3) is 2.04. The molecule has 1 aromatic heterocycles. The molecule has 0 unspecified atom stereocenters. The molecule has 3 rings (SSSR count). The molecular formula is C17H18S. The molecule has 3 aromatic rings. The number of rotatable bonds is 4. The maximum absolute atomic E-state index is 2.30. The molecule has 0 radical (unpaired) electrons. The van der Waals surface area contributed by atoms with Crippen molar-refractivity contribution in [2.45, 2.75) is 32.6 Å². The summed E-state index contributed by atoms with van der Waals surface area (Å²) in [7, 11) is 0. The van der Waals surface area contributed by atoms with Gasteiger partial charge in [0.25, 0.3) is 0 Å². The first-order valence-corrected chi connectivity index (χ1v) is 7.61. The van der Waals surface area contributed by atoms with E-state index in [1.54, 1.807) is 0 Å². The van der Waals surface area contributed by atoms with Crippen molar-refractivity contribution in [1.82, 2.24) is 0 Å². The van der Waals surface area contributed by atoms with Crippen molar-refractivity contribution in [2.24, 2.45) is 0 Å². The fourth-order valence-electron chi connectivity index (χ4n) is 2.57. The van der Waals surface area contributed by atoms with Gasteiger partial charge in [-0.2, -0.15) is 0 Å². The zero-order valence-electron chi connectivity index (χ0n) is 10.8. The standard InChI is InChI=1S/C17H18S/c1-2-3-4-8-13-9-7-11-15-14-10-5-6-12-16(14)18-17(13)15/h5-7,9-12H,2-4,8H2,1H3. The number of hydrogen-bond donors (Lipinski definition) is 0. The van der Waals surface area contributed by atoms with Gasteiger partial charge in [0.1, 0.15) is 0 Å². The van der Waals surface area contributed by atoms with Crippen LogP contribution in [-0.2, 0) is 6.42 Å². The smallest absolute Gasteiger partial charge is 0.0387 e. The minimum Gasteiger partial charge on any atom is -0.135 e. The van der Waals surface area contributed by atoms with Crippen LogP contribution in [0, 0.1) is 0 Å². The highest BCUT2D eigenvalue weighted by Crippen LogP contribution is 2.36. The Labute approximate surface area is 112 Å². The van der Waals surface area contributed by atoms with Crippen molar-refractivity contribution in [3.63, 3.8) is 0 Å². The van der Waals surface area contributed by atoms with E-state index in [0.29, 0.717) is 0 Å². The monoisotopic (exact) mass is 254 g/mol. The molecule has 0 aliphatic carbocycles. The summed E-state index contributed by atoms with van der Waals surface area (Å²) in [5.41, 5.74) is 1.53. The van der Waals surface area contributed by atoms with Crippen LogP contribution in [0.3, 0.4) is 0 Å². The Morgan fingerprint density at radius 2 is 1.72 bits per heavy atom. The summed E-state index contributed by atoms with van der Waals surface area (Å²) in [6.45, 7) is 2.26. The molecule has 1 heteroatoms. The Bertz CT molecular complexity index is 663. The normalized spacial score (nSPS) is 11.4. The van der Waals surface area contributed by atoms with Gasteiger partial charge in [-0.05, 0) is 24.5 Å². The maximum atomic E-state index is 2.30. The summed E-state index contributed by atoms with van der Waals surface area (Å²) < 4.78 is 2.91. The van der Waals surface area contributed by atoms with Crippen LogP contribution in [0.1, 0.15) is 31.7 Å². The lowest BCUT2D eigenvalue weighted by Gasteiger charge is -2.02. The molecule has 0 aliphatic heterocycles. The van der Waals surface area contributed by atoms with E-state index in [1.165, 1.54) is 51.4 Å². The second-order valence-electron chi connectivity index (χ2n) is 4.85. The van der Waals surface area contributed by atoms with Crippen molar-refractivity contribution in [3.05, 3.63) is 48.0 Å². The van der Waals surface area contributed by atoms with E-state index in [2.05, 4.69) is 49.4 Å². The SMILES string of the molecule is CCCCCc1cccc2c1sc1ccccc12. The molecule has 0 spiro atoms. The molecular weight excluding hydrogens is 236 g/mol. The molecule has 0 saturated heterocycles. The molecule has 0 bridgehead atoms. The van der Waals surface area contributed by atoms with Gasteiger partial charge in [-0.1, -0.05) is 56.2 Å². The minimum atomic E-state index is 1.22. The molecule has 92 valence electrons. The predicted molar refractivity (Wildman–Crippen MR) is 82.6 cm³/mol. The van der Waals surface area contributed by atoms with Gasteiger partial charge in [0.15, 0.2) is 0 Å². The summed E-state index contributed by atoms with van der Waals surface area (Å²) in [6, 6.07) is 15.5. The lowest BCUT2D eigenvalue weighted by molar-refractivity contribution is 0.720. The van der Waals surface area contributed by atoms with E-state index >= 15 is 0 Å². The lowest BCUT2D eigenvalue weighted by Crippen LogP contribution is -1.85. The summed E-state index contributed by atoms with van der Waals surface area (Å²) in [4.78, 5) is 0. The highest BCUT2D eigenvalue weighted by Gasteiger charge is 2.07. The number of benzene rings is 2. The Balaban J connectivity index is 2.09. The second-order valence-corrected chi connectivity index (χ2v) is 5.90. The van der Waals surface area contributed by atoms with Gasteiger partial charge in [0.2, 0.25) is 0 Å². The molecule has 0 aliphatic rings. The van der Waals surface area contributed by atoms with Gasteiger partial charge in [-0.25, -0.2) is 0 Å². The Morgan fingerprint density at radius 3 is 2.61 bits per heavy atom. The predicted octanol–water partition coefficient (Wildman–Crippen LogP) is 5.79. The maximum Gasteiger partial charge on any atom is 0.0387 e. The number of aryl methyl sites for hydroxylation is 1. The molecule has 0 fully saturated rings. The number of unbranched alkanes of at least 4 members (excludes halogenated alkanes) is 2. The van der Waals surface area contributed by atoms with Gasteiger partial charge in [-0.3, -0.25) is 0 Å². The largest absolute Gasteiger partial charge is 0.135 e. The topological polar surface area (TPSA) is 0 Å². The van der Waals surface area contributed by atoms with Crippen LogP contribution in [0.5, 0.6) is 0 Å². The van der Waals surface area contributed by atoms with E-state index in [4.69, 9.17) is 0 Å². The fraction of sp³-hybridized carbons (Fsp3) is 0.294. The summed E-state index contributed by atoms with van der Waals surface area (Å²) >= 11 is 1.95. The van der Waals surface area contributed by atoms with E-state index in [-0.39, 0.29) is 0 Å². The second kappa shape index (κ2) is 5.11. The van der Waals surface area contributed by atoms with E-state index < -0.39 is 0 Å². The first-order valence-electron chi connectivity index (χ1n) is 6.79. The van der Waals surface area contributed by atoms with Gasteiger partial charge < -0.3 is 0 Å².